The highest BCUT2D eigenvalue weighted by molar-refractivity contribution is 7.10. The van der Waals surface area contributed by atoms with Crippen molar-refractivity contribution >= 4 is 34.7 Å². The fraction of sp³-hybridized carbons (Fsp3) is 0.192. The highest BCUT2D eigenvalue weighted by Gasteiger charge is 2.34. The summed E-state index contributed by atoms with van der Waals surface area (Å²) in [7, 11) is 0. The molecule has 0 saturated carbocycles. The van der Waals surface area contributed by atoms with E-state index in [4.69, 9.17) is 9.15 Å². The van der Waals surface area contributed by atoms with Gasteiger partial charge in [-0.3, -0.25) is 9.36 Å². The first kappa shape index (κ1) is 25.0. The summed E-state index contributed by atoms with van der Waals surface area (Å²) in [5, 5.41) is 1.86. The van der Waals surface area contributed by atoms with Crippen LogP contribution < -0.4 is 14.9 Å². The molecule has 4 aromatic rings. The number of thiazole rings is 1. The maximum atomic E-state index is 13.5. The van der Waals surface area contributed by atoms with Gasteiger partial charge in [0.2, 0.25) is 0 Å². The molecule has 0 radical (unpaired) electrons. The largest absolute Gasteiger partial charge is 0.463 e. The van der Waals surface area contributed by atoms with Crippen LogP contribution in [-0.2, 0) is 15.7 Å². The van der Waals surface area contributed by atoms with E-state index in [1.807, 2.05) is 17.5 Å². The SMILES string of the molecule is CCOC(=O)C1=C(C)N=c2s/c(=C\c3ccc(-c4cccc(C(F)(F)F)c4)o3)c(=O)n2[C@@H]1c1cccs1. The number of rotatable bonds is 5. The van der Waals surface area contributed by atoms with Crippen LogP contribution in [0.1, 0.15) is 36.1 Å². The number of esters is 1. The number of hydrogen-bond donors (Lipinski definition) is 0. The van der Waals surface area contributed by atoms with Gasteiger partial charge in [0.15, 0.2) is 4.80 Å². The van der Waals surface area contributed by atoms with Gasteiger partial charge in [-0.05, 0) is 49.6 Å². The Kier molecular flexibility index (Phi) is 6.50. The Bertz CT molecular complexity index is 1690. The molecule has 0 N–H and O–H groups in total. The van der Waals surface area contributed by atoms with Gasteiger partial charge in [0, 0.05) is 16.5 Å². The van der Waals surface area contributed by atoms with E-state index in [-0.39, 0.29) is 23.5 Å². The van der Waals surface area contributed by atoms with Crippen molar-refractivity contribution < 1.29 is 27.1 Å². The number of hydrogen-bond acceptors (Lipinski definition) is 7. The van der Waals surface area contributed by atoms with Gasteiger partial charge in [-0.2, -0.15) is 13.2 Å². The topological polar surface area (TPSA) is 73.8 Å². The van der Waals surface area contributed by atoms with Crippen molar-refractivity contribution in [2.75, 3.05) is 6.61 Å². The minimum absolute atomic E-state index is 0.184. The van der Waals surface area contributed by atoms with Crippen LogP contribution >= 0.6 is 22.7 Å². The first-order chi connectivity index (χ1) is 17.7. The number of thiophene rings is 1. The van der Waals surface area contributed by atoms with Crippen molar-refractivity contribution in [3.8, 4) is 11.3 Å². The van der Waals surface area contributed by atoms with Crippen LogP contribution in [0.3, 0.4) is 0 Å². The molecule has 6 nitrogen and oxygen atoms in total. The van der Waals surface area contributed by atoms with Crippen LogP contribution in [0.15, 0.2) is 79.4 Å². The zero-order valence-corrected chi connectivity index (χ0v) is 21.2. The number of carbonyl (C=O) groups is 1. The summed E-state index contributed by atoms with van der Waals surface area (Å²) >= 11 is 2.55. The first-order valence-corrected chi connectivity index (χ1v) is 12.9. The third kappa shape index (κ3) is 4.72. The van der Waals surface area contributed by atoms with E-state index in [2.05, 4.69) is 4.99 Å². The molecule has 0 amide bonds. The Hall–Kier alpha value is -3.70. The lowest BCUT2D eigenvalue weighted by atomic mass is 10.0. The van der Waals surface area contributed by atoms with Crippen molar-refractivity contribution in [1.82, 2.24) is 4.57 Å². The summed E-state index contributed by atoms with van der Waals surface area (Å²) in [5.41, 5.74) is -0.114. The highest BCUT2D eigenvalue weighted by Crippen LogP contribution is 2.34. The average molecular weight is 545 g/mol. The third-order valence-corrected chi connectivity index (χ3v) is 7.61. The Morgan fingerprint density at radius 1 is 1.22 bits per heavy atom. The number of aromatic nitrogens is 1. The molecule has 11 heteroatoms. The molecular formula is C26H19F3N2O4S2. The van der Waals surface area contributed by atoms with Gasteiger partial charge in [-0.25, -0.2) is 9.79 Å². The van der Waals surface area contributed by atoms with E-state index in [0.717, 1.165) is 28.3 Å². The average Bonchev–Trinajstić information content (AvgIpc) is 3.60. The van der Waals surface area contributed by atoms with E-state index < -0.39 is 23.8 Å². The highest BCUT2D eigenvalue weighted by atomic mass is 32.1. The van der Waals surface area contributed by atoms with E-state index in [1.165, 1.54) is 34.1 Å². The van der Waals surface area contributed by atoms with Gasteiger partial charge < -0.3 is 9.15 Å². The van der Waals surface area contributed by atoms with Crippen molar-refractivity contribution in [1.29, 1.82) is 0 Å². The van der Waals surface area contributed by atoms with Crippen molar-refractivity contribution in [2.45, 2.75) is 26.1 Å². The lowest BCUT2D eigenvalue weighted by Gasteiger charge is -2.23. The molecular weight excluding hydrogens is 525 g/mol. The fourth-order valence-corrected chi connectivity index (χ4v) is 5.92. The molecule has 3 aromatic heterocycles. The summed E-state index contributed by atoms with van der Waals surface area (Å²) in [5.74, 6) is 0.00176. The van der Waals surface area contributed by atoms with E-state index in [1.54, 1.807) is 26.0 Å². The number of furan rings is 1. The molecule has 4 heterocycles. The zero-order valence-electron chi connectivity index (χ0n) is 19.5. The number of fused-ring (bicyclic) bond motifs is 1. The summed E-state index contributed by atoms with van der Waals surface area (Å²) in [6, 6.07) is 11.0. The van der Waals surface area contributed by atoms with Crippen LogP contribution in [0.5, 0.6) is 0 Å². The molecule has 37 heavy (non-hydrogen) atoms. The van der Waals surface area contributed by atoms with E-state index in [0.29, 0.717) is 26.4 Å². The molecule has 0 aliphatic carbocycles. The van der Waals surface area contributed by atoms with Crippen LogP contribution in [0, 0.1) is 0 Å². The Balaban J connectivity index is 1.58. The van der Waals surface area contributed by atoms with Crippen molar-refractivity contribution in [2.24, 2.45) is 4.99 Å². The van der Waals surface area contributed by atoms with Crippen LogP contribution in [0.25, 0.3) is 17.4 Å². The maximum absolute atomic E-state index is 13.5. The molecule has 0 fully saturated rings. The Labute approximate surface area is 216 Å². The number of nitrogens with zero attached hydrogens (tertiary/aromatic N) is 2. The number of alkyl halides is 3. The monoisotopic (exact) mass is 544 g/mol. The van der Waals surface area contributed by atoms with E-state index in [9.17, 15) is 22.8 Å². The predicted molar refractivity (Wildman–Crippen MR) is 134 cm³/mol. The van der Waals surface area contributed by atoms with Crippen molar-refractivity contribution in [3.63, 3.8) is 0 Å². The number of carbonyl (C=O) groups excluding carboxylic acids is 1. The van der Waals surface area contributed by atoms with Gasteiger partial charge >= 0.3 is 12.1 Å². The second kappa shape index (κ2) is 9.64. The molecule has 1 atom stereocenters. The summed E-state index contributed by atoms with van der Waals surface area (Å²) in [6.45, 7) is 3.60. The smallest absolute Gasteiger partial charge is 0.416 e. The number of ether oxygens (including phenoxy) is 1. The minimum Gasteiger partial charge on any atom is -0.463 e. The molecule has 0 bridgehead atoms. The second-order valence-electron chi connectivity index (χ2n) is 8.10. The first-order valence-electron chi connectivity index (χ1n) is 11.2. The second-order valence-corrected chi connectivity index (χ2v) is 10.1. The molecule has 0 saturated heterocycles. The normalized spacial score (nSPS) is 16.0. The van der Waals surface area contributed by atoms with Gasteiger partial charge in [0.1, 0.15) is 17.6 Å². The van der Waals surface area contributed by atoms with Crippen molar-refractivity contribution in [3.05, 3.63) is 101 Å². The van der Waals surface area contributed by atoms with E-state index >= 15 is 0 Å². The number of benzene rings is 1. The quantitative estimate of drug-likeness (QED) is 0.326. The number of halogens is 3. The molecule has 1 aliphatic rings. The number of allylic oxidation sites excluding steroid dienone is 1. The van der Waals surface area contributed by atoms with Gasteiger partial charge in [0.25, 0.3) is 5.56 Å². The molecule has 1 aromatic carbocycles. The maximum Gasteiger partial charge on any atom is 0.416 e. The Morgan fingerprint density at radius 3 is 2.73 bits per heavy atom. The van der Waals surface area contributed by atoms with Crippen LogP contribution in [0.4, 0.5) is 13.2 Å². The van der Waals surface area contributed by atoms with Crippen LogP contribution in [-0.4, -0.2) is 17.1 Å². The van der Waals surface area contributed by atoms with Gasteiger partial charge in [-0.1, -0.05) is 29.5 Å². The Morgan fingerprint density at radius 2 is 2.03 bits per heavy atom. The summed E-state index contributed by atoms with van der Waals surface area (Å²) in [4.78, 5) is 32.1. The lowest BCUT2D eigenvalue weighted by molar-refractivity contribution is -0.139. The molecule has 5 rings (SSSR count). The molecule has 0 spiro atoms. The minimum atomic E-state index is -4.47. The van der Waals surface area contributed by atoms with Gasteiger partial charge in [0.05, 0.1) is 28.0 Å². The summed E-state index contributed by atoms with van der Waals surface area (Å²) in [6.07, 6.45) is -2.95. The molecule has 0 unspecified atom stereocenters. The zero-order chi connectivity index (χ0) is 26.3. The summed E-state index contributed by atoms with van der Waals surface area (Å²) < 4.78 is 52.1. The van der Waals surface area contributed by atoms with Crippen LogP contribution in [0.2, 0.25) is 0 Å². The lowest BCUT2D eigenvalue weighted by Crippen LogP contribution is -2.39. The standard InChI is InChI=1S/C26H19F3N2O4S2/c1-3-34-24(33)21-14(2)30-25-31(22(21)19-8-5-11-36-19)23(32)20(37-25)13-17-9-10-18(35-17)15-6-4-7-16(12-15)26(27,28)29/h4-13,22H,3H2,1-2H3/b20-13-/t22-/m1/s1. The fourth-order valence-electron chi connectivity index (χ4n) is 4.07. The predicted octanol–water partition coefficient (Wildman–Crippen LogP) is 5.14. The van der Waals surface area contributed by atoms with Gasteiger partial charge in [-0.15, -0.1) is 11.3 Å². The molecule has 1 aliphatic heterocycles. The molecule has 190 valence electrons. The third-order valence-electron chi connectivity index (χ3n) is 5.70.